The van der Waals surface area contributed by atoms with E-state index in [0.29, 0.717) is 17.0 Å². The van der Waals surface area contributed by atoms with E-state index in [9.17, 15) is 14.9 Å². The van der Waals surface area contributed by atoms with E-state index in [-0.39, 0.29) is 5.69 Å². The van der Waals surface area contributed by atoms with E-state index >= 15 is 0 Å². The molecule has 8 nitrogen and oxygen atoms in total. The molecule has 27 heavy (non-hydrogen) atoms. The van der Waals surface area contributed by atoms with Crippen molar-refractivity contribution in [3.63, 3.8) is 0 Å². The summed E-state index contributed by atoms with van der Waals surface area (Å²) in [6.07, 6.45) is 0. The summed E-state index contributed by atoms with van der Waals surface area (Å²) in [6, 6.07) is 11.3. The zero-order valence-electron chi connectivity index (χ0n) is 15.6. The summed E-state index contributed by atoms with van der Waals surface area (Å²) in [6.45, 7) is 6.97. The highest BCUT2D eigenvalue weighted by Gasteiger charge is 2.24. The summed E-state index contributed by atoms with van der Waals surface area (Å²) >= 11 is 0. The predicted molar refractivity (Wildman–Crippen MR) is 103 cm³/mol. The number of nitro groups is 1. The van der Waals surface area contributed by atoms with Crippen LogP contribution in [0.3, 0.4) is 0 Å². The Labute approximate surface area is 157 Å². The van der Waals surface area contributed by atoms with E-state index in [2.05, 4.69) is 15.8 Å². The smallest absolute Gasteiger partial charge is 0.319 e. The van der Waals surface area contributed by atoms with Crippen molar-refractivity contribution in [1.29, 1.82) is 0 Å². The Morgan fingerprint density at radius 3 is 2.56 bits per heavy atom. The monoisotopic (exact) mass is 370 g/mol. The Morgan fingerprint density at radius 2 is 1.93 bits per heavy atom. The molecule has 0 spiro atoms. The van der Waals surface area contributed by atoms with Gasteiger partial charge in [0.25, 0.3) is 5.69 Å². The summed E-state index contributed by atoms with van der Waals surface area (Å²) < 4.78 is 0. The molecule has 2 aromatic rings. The quantitative estimate of drug-likeness (QED) is 0.317. The number of nitrogens with one attached hydrogen (secondary N) is 2. The number of carbonyl (C=O) groups is 1. The molecule has 0 atom stereocenters. The van der Waals surface area contributed by atoms with E-state index in [0.717, 1.165) is 11.1 Å². The van der Waals surface area contributed by atoms with Gasteiger partial charge in [-0.25, -0.2) is 4.79 Å². The van der Waals surface area contributed by atoms with Crippen molar-refractivity contribution in [2.24, 2.45) is 5.16 Å². The average Bonchev–Trinajstić information content (AvgIpc) is 2.62. The van der Waals surface area contributed by atoms with Crippen molar-refractivity contribution in [3.05, 3.63) is 69.3 Å². The number of anilines is 1. The molecular formula is C19H22N4O4. The molecule has 0 saturated heterocycles. The first kappa shape index (κ1) is 19.9. The van der Waals surface area contributed by atoms with Gasteiger partial charge in [-0.3, -0.25) is 10.1 Å². The number of urea groups is 1. The van der Waals surface area contributed by atoms with Crippen LogP contribution in [-0.4, -0.2) is 21.9 Å². The standard InChI is InChI=1S/C19H22N4O4/c1-12-8-9-16(11-17(12)23(26)27)20-18(24)21-19(3,4)15-7-5-6-14(10-15)13(2)22-25/h5-11,25H,1-4H3,(H2,20,21,24)/b22-13+. The number of nitrogens with zero attached hydrogens (tertiary/aromatic N) is 2. The first-order valence-corrected chi connectivity index (χ1v) is 8.28. The average molecular weight is 370 g/mol. The molecule has 142 valence electrons. The van der Waals surface area contributed by atoms with Crippen LogP contribution in [0.4, 0.5) is 16.2 Å². The number of amides is 2. The molecule has 2 aromatic carbocycles. The molecule has 2 rings (SSSR count). The van der Waals surface area contributed by atoms with Crippen LogP contribution < -0.4 is 10.6 Å². The van der Waals surface area contributed by atoms with Crippen LogP contribution in [0.2, 0.25) is 0 Å². The number of benzene rings is 2. The van der Waals surface area contributed by atoms with E-state index in [4.69, 9.17) is 5.21 Å². The van der Waals surface area contributed by atoms with Crippen molar-refractivity contribution < 1.29 is 14.9 Å². The molecule has 0 saturated carbocycles. The zero-order chi connectivity index (χ0) is 20.2. The first-order chi connectivity index (χ1) is 12.6. The first-order valence-electron chi connectivity index (χ1n) is 8.28. The molecule has 0 fully saturated rings. The van der Waals surface area contributed by atoms with Gasteiger partial charge in [0.15, 0.2) is 0 Å². The van der Waals surface area contributed by atoms with Crippen LogP contribution in [0.15, 0.2) is 47.6 Å². The van der Waals surface area contributed by atoms with Crippen LogP contribution in [-0.2, 0) is 5.54 Å². The maximum absolute atomic E-state index is 12.4. The molecule has 8 heteroatoms. The fourth-order valence-electron chi connectivity index (χ4n) is 2.59. The van der Waals surface area contributed by atoms with E-state index in [1.54, 1.807) is 32.0 Å². The highest BCUT2D eigenvalue weighted by Crippen LogP contribution is 2.24. The molecule has 0 aromatic heterocycles. The zero-order valence-corrected chi connectivity index (χ0v) is 15.6. The number of aryl methyl sites for hydroxylation is 1. The van der Waals surface area contributed by atoms with E-state index in [1.165, 1.54) is 6.07 Å². The predicted octanol–water partition coefficient (Wildman–Crippen LogP) is 4.16. The van der Waals surface area contributed by atoms with Gasteiger partial charge in [-0.1, -0.05) is 29.4 Å². The maximum atomic E-state index is 12.4. The van der Waals surface area contributed by atoms with Gasteiger partial charge >= 0.3 is 6.03 Å². The Morgan fingerprint density at radius 1 is 1.22 bits per heavy atom. The minimum atomic E-state index is -0.730. The molecule has 0 aliphatic heterocycles. The fourth-order valence-corrected chi connectivity index (χ4v) is 2.59. The molecule has 0 unspecified atom stereocenters. The number of hydrogen-bond donors (Lipinski definition) is 3. The van der Waals surface area contributed by atoms with E-state index in [1.807, 2.05) is 32.0 Å². The topological polar surface area (TPSA) is 117 Å². The Balaban J connectivity index is 2.17. The van der Waals surface area contributed by atoms with Gasteiger partial charge in [-0.05, 0) is 51.0 Å². The van der Waals surface area contributed by atoms with Crippen LogP contribution in [0.1, 0.15) is 37.5 Å². The van der Waals surface area contributed by atoms with Gasteiger partial charge in [0.1, 0.15) is 0 Å². The van der Waals surface area contributed by atoms with Crippen molar-refractivity contribution >= 4 is 23.1 Å². The molecular weight excluding hydrogens is 348 g/mol. The highest BCUT2D eigenvalue weighted by atomic mass is 16.6. The van der Waals surface area contributed by atoms with Crippen LogP contribution in [0.5, 0.6) is 0 Å². The van der Waals surface area contributed by atoms with Crippen molar-refractivity contribution in [2.45, 2.75) is 33.2 Å². The third kappa shape index (κ3) is 4.81. The second-order valence-electron chi connectivity index (χ2n) is 6.73. The number of carbonyl (C=O) groups excluding carboxylic acids is 1. The molecule has 0 aliphatic carbocycles. The summed E-state index contributed by atoms with van der Waals surface area (Å²) in [5.41, 5.74) is 2.07. The lowest BCUT2D eigenvalue weighted by Crippen LogP contribution is -2.43. The summed E-state index contributed by atoms with van der Waals surface area (Å²) in [4.78, 5) is 22.9. The lowest BCUT2D eigenvalue weighted by molar-refractivity contribution is -0.385. The molecule has 3 N–H and O–H groups in total. The molecule has 0 aliphatic rings. The normalized spacial score (nSPS) is 11.8. The van der Waals surface area contributed by atoms with Crippen molar-refractivity contribution in [2.75, 3.05) is 5.32 Å². The van der Waals surface area contributed by atoms with Crippen LogP contribution in [0.25, 0.3) is 0 Å². The number of rotatable bonds is 5. The summed E-state index contributed by atoms with van der Waals surface area (Å²) in [5, 5.41) is 28.6. The Kier molecular flexibility index (Phi) is 5.79. The third-order valence-electron chi connectivity index (χ3n) is 4.24. The number of nitro benzene ring substituents is 1. The lowest BCUT2D eigenvalue weighted by Gasteiger charge is -2.27. The second kappa shape index (κ2) is 7.86. The fraction of sp³-hybridized carbons (Fsp3) is 0.263. The Bertz CT molecular complexity index is 906. The van der Waals surface area contributed by atoms with Crippen LogP contribution >= 0.6 is 0 Å². The molecule has 0 radical (unpaired) electrons. The Hall–Kier alpha value is -3.42. The lowest BCUT2D eigenvalue weighted by atomic mass is 9.92. The summed E-state index contributed by atoms with van der Waals surface area (Å²) in [5.74, 6) is 0. The number of hydrogen-bond acceptors (Lipinski definition) is 5. The van der Waals surface area contributed by atoms with Crippen molar-refractivity contribution in [3.8, 4) is 0 Å². The molecule has 0 bridgehead atoms. The van der Waals surface area contributed by atoms with Gasteiger partial charge in [-0.2, -0.15) is 0 Å². The van der Waals surface area contributed by atoms with Gasteiger partial charge in [0.2, 0.25) is 0 Å². The minimum absolute atomic E-state index is 0.0569. The van der Waals surface area contributed by atoms with E-state index < -0.39 is 16.5 Å². The van der Waals surface area contributed by atoms with Gasteiger partial charge < -0.3 is 15.8 Å². The summed E-state index contributed by atoms with van der Waals surface area (Å²) in [7, 11) is 0. The number of oxime groups is 1. The second-order valence-corrected chi connectivity index (χ2v) is 6.73. The minimum Gasteiger partial charge on any atom is -0.411 e. The molecule has 0 heterocycles. The van der Waals surface area contributed by atoms with Gasteiger partial charge in [0, 0.05) is 17.3 Å². The third-order valence-corrected chi connectivity index (χ3v) is 4.24. The van der Waals surface area contributed by atoms with Gasteiger partial charge in [0.05, 0.1) is 16.2 Å². The van der Waals surface area contributed by atoms with Crippen LogP contribution in [0, 0.1) is 17.0 Å². The van der Waals surface area contributed by atoms with Gasteiger partial charge in [-0.15, -0.1) is 0 Å². The maximum Gasteiger partial charge on any atom is 0.319 e. The molecule has 2 amide bonds. The largest absolute Gasteiger partial charge is 0.411 e. The van der Waals surface area contributed by atoms with Crippen molar-refractivity contribution in [1.82, 2.24) is 5.32 Å². The SMILES string of the molecule is C/C(=N\O)c1cccc(C(C)(C)NC(=O)Nc2ccc(C)c([N+](=O)[O-])c2)c1. The highest BCUT2D eigenvalue weighted by molar-refractivity contribution is 5.98.